The summed E-state index contributed by atoms with van der Waals surface area (Å²) in [5.41, 5.74) is 0. The fraction of sp³-hybridized carbons (Fsp3) is 0.263. The summed E-state index contributed by atoms with van der Waals surface area (Å²) < 4.78 is 27.1. The van der Waals surface area contributed by atoms with E-state index < -0.39 is 10.0 Å². The van der Waals surface area contributed by atoms with E-state index >= 15 is 0 Å². The van der Waals surface area contributed by atoms with E-state index in [-0.39, 0.29) is 10.8 Å². The van der Waals surface area contributed by atoms with Gasteiger partial charge in [-0.15, -0.1) is 22.7 Å². The average molecular weight is 434 g/mol. The molecule has 6 nitrogen and oxygen atoms in total. The summed E-state index contributed by atoms with van der Waals surface area (Å²) in [5.74, 6) is -0.0840. The molecule has 9 heteroatoms. The van der Waals surface area contributed by atoms with Crippen molar-refractivity contribution in [3.05, 3.63) is 58.9 Å². The number of carbonyl (C=O) groups is 1. The van der Waals surface area contributed by atoms with Crippen molar-refractivity contribution >= 4 is 38.6 Å². The number of amides is 1. The molecule has 1 aromatic carbocycles. The van der Waals surface area contributed by atoms with E-state index in [1.165, 1.54) is 15.6 Å². The summed E-state index contributed by atoms with van der Waals surface area (Å²) in [6, 6.07) is 12.4. The lowest BCUT2D eigenvalue weighted by atomic mass is 10.3. The van der Waals surface area contributed by atoms with Gasteiger partial charge in [0, 0.05) is 26.2 Å². The van der Waals surface area contributed by atoms with Crippen LogP contribution in [-0.4, -0.2) is 54.7 Å². The standard InChI is InChI=1S/C19H19N3O3S3/c23-19(17-14-20-18(27-17)16-8-4-13-26-16)21-9-5-10-22(12-11-21)28(24,25)15-6-2-1-3-7-15/h1-4,6-8,13-14H,5,9-12H2. The number of nitrogens with zero attached hydrogens (tertiary/aromatic N) is 3. The van der Waals surface area contributed by atoms with Crippen LogP contribution in [0, 0.1) is 0 Å². The highest BCUT2D eigenvalue weighted by atomic mass is 32.2. The predicted molar refractivity (Wildman–Crippen MR) is 111 cm³/mol. The fourth-order valence-corrected chi connectivity index (χ4v) is 6.30. The molecule has 0 unspecified atom stereocenters. The molecular weight excluding hydrogens is 414 g/mol. The van der Waals surface area contributed by atoms with Crippen LogP contribution in [0.4, 0.5) is 0 Å². The molecule has 4 rings (SSSR count). The molecule has 0 radical (unpaired) electrons. The monoisotopic (exact) mass is 433 g/mol. The van der Waals surface area contributed by atoms with Gasteiger partial charge in [0.1, 0.15) is 9.88 Å². The fourth-order valence-electron chi connectivity index (χ4n) is 3.12. The molecule has 0 atom stereocenters. The number of benzene rings is 1. The minimum Gasteiger partial charge on any atom is -0.337 e. The first-order valence-corrected chi connectivity index (χ1v) is 12.0. The number of carbonyl (C=O) groups excluding carboxylic acids is 1. The number of sulfonamides is 1. The second kappa shape index (κ2) is 8.12. The van der Waals surface area contributed by atoms with Crippen LogP contribution in [-0.2, 0) is 10.0 Å². The Morgan fingerprint density at radius 3 is 2.57 bits per heavy atom. The van der Waals surface area contributed by atoms with Gasteiger partial charge in [0.25, 0.3) is 5.91 Å². The molecule has 0 spiro atoms. The van der Waals surface area contributed by atoms with E-state index in [9.17, 15) is 13.2 Å². The van der Waals surface area contributed by atoms with Gasteiger partial charge in [0.05, 0.1) is 16.0 Å². The summed E-state index contributed by atoms with van der Waals surface area (Å²) in [6.45, 7) is 1.60. The molecule has 1 fully saturated rings. The third-order valence-corrected chi connectivity index (χ3v) is 8.51. The van der Waals surface area contributed by atoms with Crippen molar-refractivity contribution < 1.29 is 13.2 Å². The average Bonchev–Trinajstić information content (AvgIpc) is 3.35. The molecule has 1 saturated heterocycles. The minimum atomic E-state index is -3.54. The summed E-state index contributed by atoms with van der Waals surface area (Å²) in [5, 5.41) is 2.82. The predicted octanol–water partition coefficient (Wildman–Crippen LogP) is 3.41. The van der Waals surface area contributed by atoms with E-state index in [1.54, 1.807) is 52.8 Å². The van der Waals surface area contributed by atoms with Gasteiger partial charge in [-0.1, -0.05) is 24.3 Å². The molecule has 2 aromatic heterocycles. The molecule has 0 aliphatic carbocycles. The molecule has 1 aliphatic heterocycles. The molecule has 3 heterocycles. The highest BCUT2D eigenvalue weighted by Gasteiger charge is 2.29. The van der Waals surface area contributed by atoms with Gasteiger partial charge < -0.3 is 4.90 Å². The van der Waals surface area contributed by atoms with Crippen molar-refractivity contribution in [3.8, 4) is 9.88 Å². The topological polar surface area (TPSA) is 70.6 Å². The van der Waals surface area contributed by atoms with Gasteiger partial charge in [0.2, 0.25) is 10.0 Å². The number of hydrogen-bond acceptors (Lipinski definition) is 6. The zero-order chi connectivity index (χ0) is 19.6. The first-order valence-electron chi connectivity index (χ1n) is 8.90. The SMILES string of the molecule is O=C(c1cnc(-c2cccs2)s1)N1CCCN(S(=O)(=O)c2ccccc2)CC1. The lowest BCUT2D eigenvalue weighted by Crippen LogP contribution is -2.37. The van der Waals surface area contributed by atoms with Crippen molar-refractivity contribution in [2.45, 2.75) is 11.3 Å². The normalized spacial score (nSPS) is 16.1. The van der Waals surface area contributed by atoms with Crippen LogP contribution in [0.2, 0.25) is 0 Å². The molecule has 28 heavy (non-hydrogen) atoms. The highest BCUT2D eigenvalue weighted by Crippen LogP contribution is 2.29. The van der Waals surface area contributed by atoms with Crippen molar-refractivity contribution in [2.24, 2.45) is 0 Å². The zero-order valence-electron chi connectivity index (χ0n) is 15.0. The smallest absolute Gasteiger partial charge is 0.265 e. The molecular formula is C19H19N3O3S3. The second-order valence-electron chi connectivity index (χ2n) is 6.37. The van der Waals surface area contributed by atoms with Gasteiger partial charge >= 0.3 is 0 Å². The Morgan fingerprint density at radius 1 is 1.00 bits per heavy atom. The third kappa shape index (κ3) is 3.88. The van der Waals surface area contributed by atoms with Crippen molar-refractivity contribution in [2.75, 3.05) is 26.2 Å². The van der Waals surface area contributed by atoms with E-state index in [1.807, 2.05) is 17.5 Å². The lowest BCUT2D eigenvalue weighted by molar-refractivity contribution is 0.0769. The summed E-state index contributed by atoms with van der Waals surface area (Å²) in [7, 11) is -3.54. The van der Waals surface area contributed by atoms with E-state index in [4.69, 9.17) is 0 Å². The lowest BCUT2D eigenvalue weighted by Gasteiger charge is -2.21. The molecule has 0 N–H and O–H groups in total. The van der Waals surface area contributed by atoms with Crippen molar-refractivity contribution in [1.29, 1.82) is 0 Å². The van der Waals surface area contributed by atoms with Gasteiger partial charge in [-0.3, -0.25) is 4.79 Å². The third-order valence-electron chi connectivity index (χ3n) is 4.57. The number of rotatable bonds is 4. The Hall–Kier alpha value is -2.07. The van der Waals surface area contributed by atoms with Gasteiger partial charge in [-0.25, -0.2) is 13.4 Å². The molecule has 146 valence electrons. The van der Waals surface area contributed by atoms with Crippen LogP contribution in [0.25, 0.3) is 9.88 Å². The zero-order valence-corrected chi connectivity index (χ0v) is 17.5. The van der Waals surface area contributed by atoms with Crippen LogP contribution < -0.4 is 0 Å². The van der Waals surface area contributed by atoms with E-state index in [0.29, 0.717) is 37.5 Å². The summed E-state index contributed by atoms with van der Waals surface area (Å²) in [6.07, 6.45) is 2.22. The molecule has 0 bridgehead atoms. The quantitative estimate of drug-likeness (QED) is 0.632. The van der Waals surface area contributed by atoms with E-state index in [0.717, 1.165) is 9.88 Å². The first-order chi connectivity index (χ1) is 13.6. The number of aromatic nitrogens is 1. The van der Waals surface area contributed by atoms with Crippen LogP contribution in [0.3, 0.4) is 0 Å². The van der Waals surface area contributed by atoms with E-state index in [2.05, 4.69) is 4.98 Å². The summed E-state index contributed by atoms with van der Waals surface area (Å²) >= 11 is 2.97. The molecule has 1 aliphatic rings. The maximum absolute atomic E-state index is 12.9. The van der Waals surface area contributed by atoms with Crippen LogP contribution in [0.1, 0.15) is 16.1 Å². The Balaban J connectivity index is 1.46. The van der Waals surface area contributed by atoms with Gasteiger partial charge in [-0.05, 0) is 30.0 Å². The number of hydrogen-bond donors (Lipinski definition) is 0. The Bertz CT molecular complexity index is 1050. The van der Waals surface area contributed by atoms with Crippen LogP contribution in [0.15, 0.2) is 58.9 Å². The summed E-state index contributed by atoms with van der Waals surface area (Å²) in [4.78, 5) is 20.9. The first kappa shape index (κ1) is 19.3. The maximum atomic E-state index is 12.9. The molecule has 3 aromatic rings. The maximum Gasteiger partial charge on any atom is 0.265 e. The minimum absolute atomic E-state index is 0.0840. The Labute approximate surface area is 172 Å². The van der Waals surface area contributed by atoms with Crippen LogP contribution >= 0.6 is 22.7 Å². The number of thiophene rings is 1. The Kier molecular flexibility index (Phi) is 5.58. The second-order valence-corrected chi connectivity index (χ2v) is 10.3. The molecule has 1 amide bonds. The van der Waals surface area contributed by atoms with Gasteiger partial charge in [-0.2, -0.15) is 4.31 Å². The Morgan fingerprint density at radius 2 is 1.82 bits per heavy atom. The number of thiazole rings is 1. The van der Waals surface area contributed by atoms with Crippen LogP contribution in [0.5, 0.6) is 0 Å². The molecule has 0 saturated carbocycles. The largest absolute Gasteiger partial charge is 0.337 e. The van der Waals surface area contributed by atoms with Crippen molar-refractivity contribution in [1.82, 2.24) is 14.2 Å². The highest BCUT2D eigenvalue weighted by molar-refractivity contribution is 7.89. The van der Waals surface area contributed by atoms with Gasteiger partial charge in [0.15, 0.2) is 0 Å². The van der Waals surface area contributed by atoms with Crippen molar-refractivity contribution in [3.63, 3.8) is 0 Å².